The molecule has 90 valence electrons. The van der Waals surface area contributed by atoms with Crippen molar-refractivity contribution in [1.82, 2.24) is 10.3 Å². The predicted molar refractivity (Wildman–Crippen MR) is 64.5 cm³/mol. The summed E-state index contributed by atoms with van der Waals surface area (Å²) in [5.41, 5.74) is 0.996. The van der Waals surface area contributed by atoms with E-state index >= 15 is 0 Å². The number of piperidine rings is 1. The van der Waals surface area contributed by atoms with Crippen LogP contribution in [0.4, 0.5) is 6.01 Å². The van der Waals surface area contributed by atoms with Crippen molar-refractivity contribution >= 4 is 6.01 Å². The molecule has 16 heavy (non-hydrogen) atoms. The Kier molecular flexibility index (Phi) is 3.83. The van der Waals surface area contributed by atoms with E-state index in [1.54, 1.807) is 6.26 Å². The maximum Gasteiger partial charge on any atom is 0.297 e. The lowest BCUT2D eigenvalue weighted by molar-refractivity contribution is 0.413. The van der Waals surface area contributed by atoms with Crippen LogP contribution in [0.1, 0.15) is 32.4 Å². The maximum absolute atomic E-state index is 5.51. The Balaban J connectivity index is 1.91. The molecule has 0 atom stereocenters. The highest BCUT2D eigenvalue weighted by Crippen LogP contribution is 2.22. The van der Waals surface area contributed by atoms with Gasteiger partial charge in [-0.3, -0.25) is 0 Å². The number of nitrogens with one attached hydrogen (secondary N) is 1. The average Bonchev–Trinajstić information content (AvgIpc) is 2.76. The summed E-state index contributed by atoms with van der Waals surface area (Å²) in [6.07, 6.45) is 4.24. The summed E-state index contributed by atoms with van der Waals surface area (Å²) in [4.78, 5) is 6.74. The van der Waals surface area contributed by atoms with E-state index in [0.717, 1.165) is 43.8 Å². The summed E-state index contributed by atoms with van der Waals surface area (Å²) >= 11 is 0. The molecule has 1 fully saturated rings. The Labute approximate surface area is 97.0 Å². The zero-order chi connectivity index (χ0) is 11.4. The van der Waals surface area contributed by atoms with Gasteiger partial charge in [0.25, 0.3) is 6.01 Å². The van der Waals surface area contributed by atoms with Crippen LogP contribution < -0.4 is 10.2 Å². The zero-order valence-electron chi connectivity index (χ0n) is 10.2. The lowest BCUT2D eigenvalue weighted by atomic mass is 10.00. The van der Waals surface area contributed by atoms with Crippen molar-refractivity contribution < 1.29 is 4.42 Å². The third-order valence-electron chi connectivity index (χ3n) is 3.15. The van der Waals surface area contributed by atoms with Gasteiger partial charge in [0.2, 0.25) is 0 Å². The standard InChI is InChI=1S/C12H21N3O/c1-3-13-8-11-9-16-12(14-11)15-6-4-10(2)5-7-15/h9-10,13H,3-8H2,1-2H3. The van der Waals surface area contributed by atoms with Crippen molar-refractivity contribution in [2.45, 2.75) is 33.2 Å². The van der Waals surface area contributed by atoms with Crippen molar-refractivity contribution in [3.63, 3.8) is 0 Å². The first-order valence-electron chi connectivity index (χ1n) is 6.19. The molecule has 0 aliphatic carbocycles. The van der Waals surface area contributed by atoms with Crippen molar-refractivity contribution in [2.75, 3.05) is 24.5 Å². The highest BCUT2D eigenvalue weighted by molar-refractivity contribution is 5.27. The lowest BCUT2D eigenvalue weighted by Crippen LogP contribution is -2.33. The number of aromatic nitrogens is 1. The summed E-state index contributed by atoms with van der Waals surface area (Å²) in [7, 11) is 0. The third-order valence-corrected chi connectivity index (χ3v) is 3.15. The highest BCUT2D eigenvalue weighted by Gasteiger charge is 2.19. The summed E-state index contributed by atoms with van der Waals surface area (Å²) < 4.78 is 5.51. The molecule has 0 saturated carbocycles. The Hall–Kier alpha value is -1.03. The fourth-order valence-electron chi connectivity index (χ4n) is 1.98. The van der Waals surface area contributed by atoms with E-state index in [1.165, 1.54) is 12.8 Å². The molecular formula is C12H21N3O. The second kappa shape index (κ2) is 5.34. The molecule has 4 nitrogen and oxygen atoms in total. The van der Waals surface area contributed by atoms with Gasteiger partial charge in [0.05, 0.1) is 5.69 Å². The topological polar surface area (TPSA) is 41.3 Å². The SMILES string of the molecule is CCNCc1coc(N2CCC(C)CC2)n1. The molecule has 2 rings (SSSR count). The van der Waals surface area contributed by atoms with Crippen LogP contribution in [-0.2, 0) is 6.54 Å². The van der Waals surface area contributed by atoms with Gasteiger partial charge in [-0.2, -0.15) is 4.98 Å². The molecule has 1 aliphatic rings. The molecular weight excluding hydrogens is 202 g/mol. The van der Waals surface area contributed by atoms with E-state index < -0.39 is 0 Å². The zero-order valence-corrected chi connectivity index (χ0v) is 10.2. The molecule has 4 heteroatoms. The lowest BCUT2D eigenvalue weighted by Gasteiger charge is -2.28. The summed E-state index contributed by atoms with van der Waals surface area (Å²) in [6, 6.07) is 0.791. The Bertz CT molecular complexity index is 316. The molecule has 0 bridgehead atoms. The first-order chi connectivity index (χ1) is 7.79. The summed E-state index contributed by atoms with van der Waals surface area (Å²) in [6.45, 7) is 8.30. The summed E-state index contributed by atoms with van der Waals surface area (Å²) in [5, 5.41) is 3.25. The fraction of sp³-hybridized carbons (Fsp3) is 0.750. The number of oxazole rings is 1. The minimum atomic E-state index is 0.791. The van der Waals surface area contributed by atoms with Crippen LogP contribution in [0.25, 0.3) is 0 Å². The number of anilines is 1. The van der Waals surface area contributed by atoms with Gasteiger partial charge in [-0.05, 0) is 25.3 Å². The Morgan fingerprint density at radius 2 is 2.25 bits per heavy atom. The normalized spacial score (nSPS) is 18.0. The first-order valence-corrected chi connectivity index (χ1v) is 6.19. The van der Waals surface area contributed by atoms with Crippen molar-refractivity contribution in [3.8, 4) is 0 Å². The minimum Gasteiger partial charge on any atom is -0.432 e. The molecule has 1 aromatic rings. The maximum atomic E-state index is 5.51. The molecule has 0 unspecified atom stereocenters. The number of hydrogen-bond donors (Lipinski definition) is 1. The molecule has 0 aromatic carbocycles. The Morgan fingerprint density at radius 1 is 1.50 bits per heavy atom. The first kappa shape index (κ1) is 11.5. The van der Waals surface area contributed by atoms with Crippen LogP contribution in [0.2, 0.25) is 0 Å². The fourth-order valence-corrected chi connectivity index (χ4v) is 1.98. The van der Waals surface area contributed by atoms with Gasteiger partial charge < -0.3 is 14.6 Å². The largest absolute Gasteiger partial charge is 0.432 e. The third kappa shape index (κ3) is 2.76. The van der Waals surface area contributed by atoms with Crippen LogP contribution in [0.5, 0.6) is 0 Å². The second-order valence-electron chi connectivity index (χ2n) is 4.57. The van der Waals surface area contributed by atoms with E-state index in [0.29, 0.717) is 0 Å². The molecule has 1 aromatic heterocycles. The molecule has 0 amide bonds. The van der Waals surface area contributed by atoms with Crippen LogP contribution in [-0.4, -0.2) is 24.6 Å². The molecule has 0 radical (unpaired) electrons. The van der Waals surface area contributed by atoms with Crippen molar-refractivity contribution in [2.24, 2.45) is 5.92 Å². The van der Waals surface area contributed by atoms with Gasteiger partial charge >= 0.3 is 0 Å². The van der Waals surface area contributed by atoms with Gasteiger partial charge in [0, 0.05) is 19.6 Å². The molecule has 1 saturated heterocycles. The van der Waals surface area contributed by atoms with E-state index in [2.05, 4.69) is 29.0 Å². The molecule has 2 heterocycles. The second-order valence-corrected chi connectivity index (χ2v) is 4.57. The average molecular weight is 223 g/mol. The quantitative estimate of drug-likeness (QED) is 0.848. The Morgan fingerprint density at radius 3 is 2.94 bits per heavy atom. The van der Waals surface area contributed by atoms with Crippen molar-refractivity contribution in [1.29, 1.82) is 0 Å². The van der Waals surface area contributed by atoms with E-state index in [9.17, 15) is 0 Å². The van der Waals surface area contributed by atoms with Crippen LogP contribution >= 0.6 is 0 Å². The van der Waals surface area contributed by atoms with Crippen LogP contribution in [0, 0.1) is 5.92 Å². The van der Waals surface area contributed by atoms with Crippen molar-refractivity contribution in [3.05, 3.63) is 12.0 Å². The molecule has 0 spiro atoms. The minimum absolute atomic E-state index is 0.791. The van der Waals surface area contributed by atoms with Crippen LogP contribution in [0.3, 0.4) is 0 Å². The predicted octanol–water partition coefficient (Wildman–Crippen LogP) is 2.02. The summed E-state index contributed by atoms with van der Waals surface area (Å²) in [5.74, 6) is 0.840. The van der Waals surface area contributed by atoms with Gasteiger partial charge in [0.1, 0.15) is 6.26 Å². The van der Waals surface area contributed by atoms with Crippen LogP contribution in [0.15, 0.2) is 10.7 Å². The molecule has 1 N–H and O–H groups in total. The highest BCUT2D eigenvalue weighted by atomic mass is 16.4. The van der Waals surface area contributed by atoms with E-state index in [-0.39, 0.29) is 0 Å². The van der Waals surface area contributed by atoms with Gasteiger partial charge in [-0.1, -0.05) is 13.8 Å². The number of rotatable bonds is 4. The van der Waals surface area contributed by atoms with Gasteiger partial charge in [-0.15, -0.1) is 0 Å². The smallest absolute Gasteiger partial charge is 0.297 e. The van der Waals surface area contributed by atoms with E-state index in [4.69, 9.17) is 4.42 Å². The number of hydrogen-bond acceptors (Lipinski definition) is 4. The number of nitrogens with zero attached hydrogens (tertiary/aromatic N) is 2. The van der Waals surface area contributed by atoms with E-state index in [1.807, 2.05) is 0 Å². The molecule has 1 aliphatic heterocycles. The van der Waals surface area contributed by atoms with Gasteiger partial charge in [0.15, 0.2) is 0 Å². The van der Waals surface area contributed by atoms with Gasteiger partial charge in [-0.25, -0.2) is 0 Å². The monoisotopic (exact) mass is 223 g/mol.